The van der Waals surface area contributed by atoms with Crippen molar-refractivity contribution in [3.8, 4) is 0 Å². The van der Waals surface area contributed by atoms with Gasteiger partial charge in [0, 0.05) is 0 Å². The number of esters is 1. The Labute approximate surface area is 97.7 Å². The molecule has 0 radical (unpaired) electrons. The summed E-state index contributed by atoms with van der Waals surface area (Å²) in [5.74, 6) is -0.964. The number of ether oxygens (including phenoxy) is 3. The lowest BCUT2D eigenvalue weighted by atomic mass is 10.3. The van der Waals surface area contributed by atoms with Crippen molar-refractivity contribution in [2.24, 2.45) is 0 Å². The molecule has 15 heavy (non-hydrogen) atoms. The van der Waals surface area contributed by atoms with E-state index in [4.69, 9.17) is 14.2 Å². The van der Waals surface area contributed by atoms with E-state index in [1.54, 1.807) is 13.0 Å². The van der Waals surface area contributed by atoms with E-state index in [9.17, 15) is 4.79 Å². The predicted octanol–water partition coefficient (Wildman–Crippen LogP) is 1.98. The summed E-state index contributed by atoms with van der Waals surface area (Å²) in [4.78, 5) is 11.3. The second-order valence-corrected chi connectivity index (χ2v) is 4.46. The predicted molar refractivity (Wildman–Crippen MR) is 58.5 cm³/mol. The molecule has 0 aromatic heterocycles. The molecule has 1 saturated heterocycles. The Kier molecular flexibility index (Phi) is 4.31. The Hall–Kier alpha value is -0.390. The number of rotatable bonds is 3. The maximum atomic E-state index is 11.3. The Morgan fingerprint density at radius 1 is 1.67 bits per heavy atom. The molecule has 0 N–H and O–H groups in total. The van der Waals surface area contributed by atoms with Crippen LogP contribution >= 0.6 is 15.9 Å². The zero-order chi connectivity index (χ0) is 11.5. The van der Waals surface area contributed by atoms with Crippen molar-refractivity contribution in [2.45, 2.75) is 32.7 Å². The zero-order valence-electron chi connectivity index (χ0n) is 9.08. The number of carbonyl (C=O) groups is 1. The van der Waals surface area contributed by atoms with Crippen LogP contribution in [-0.2, 0) is 19.0 Å². The fourth-order valence-corrected chi connectivity index (χ4v) is 1.64. The minimum Gasteiger partial charge on any atom is -0.462 e. The molecule has 4 nitrogen and oxygen atoms in total. The van der Waals surface area contributed by atoms with Gasteiger partial charge in [-0.15, -0.1) is 0 Å². The summed E-state index contributed by atoms with van der Waals surface area (Å²) in [5, 5.41) is 0. The topological polar surface area (TPSA) is 44.8 Å². The molecular formula is C10H15BrO4. The first-order valence-corrected chi connectivity index (χ1v) is 5.60. The molecule has 5 heteroatoms. The third kappa shape index (κ3) is 3.93. The van der Waals surface area contributed by atoms with E-state index in [0.29, 0.717) is 17.7 Å². The summed E-state index contributed by atoms with van der Waals surface area (Å²) in [6.07, 6.45) is 1.45. The van der Waals surface area contributed by atoms with Crippen LogP contribution in [-0.4, -0.2) is 31.1 Å². The van der Waals surface area contributed by atoms with Crippen LogP contribution in [0.2, 0.25) is 0 Å². The highest BCUT2D eigenvalue weighted by Crippen LogP contribution is 2.24. The molecule has 0 aliphatic carbocycles. The fraction of sp³-hybridized carbons (Fsp3) is 0.700. The second kappa shape index (κ2) is 5.09. The van der Waals surface area contributed by atoms with Gasteiger partial charge in [-0.05, 0) is 42.8 Å². The molecular weight excluding hydrogens is 264 g/mol. The quantitative estimate of drug-likeness (QED) is 0.585. The van der Waals surface area contributed by atoms with Gasteiger partial charge in [0.15, 0.2) is 5.79 Å². The first-order chi connectivity index (χ1) is 6.94. The largest absolute Gasteiger partial charge is 0.462 e. The van der Waals surface area contributed by atoms with Crippen molar-refractivity contribution in [3.05, 3.63) is 10.6 Å². The van der Waals surface area contributed by atoms with Gasteiger partial charge < -0.3 is 14.2 Å². The maximum absolute atomic E-state index is 11.3. The van der Waals surface area contributed by atoms with Gasteiger partial charge in [-0.2, -0.15) is 0 Å². The lowest BCUT2D eigenvalue weighted by molar-refractivity contribution is -0.138. The minimum absolute atomic E-state index is 0.209. The molecule has 1 atom stereocenters. The summed E-state index contributed by atoms with van der Waals surface area (Å²) in [5.41, 5.74) is 0. The van der Waals surface area contributed by atoms with E-state index in [-0.39, 0.29) is 12.1 Å². The van der Waals surface area contributed by atoms with E-state index in [0.717, 1.165) is 0 Å². The Morgan fingerprint density at radius 3 is 2.80 bits per heavy atom. The molecule has 1 aliphatic rings. The smallest absolute Gasteiger partial charge is 0.344 e. The van der Waals surface area contributed by atoms with Crippen LogP contribution in [0.25, 0.3) is 0 Å². The van der Waals surface area contributed by atoms with Gasteiger partial charge >= 0.3 is 5.97 Å². The number of halogens is 1. The standard InChI is InChI=1S/C10H15BrO4/c1-4-13-9(12)8(11)5-7-6-14-10(2,3)15-7/h5,7H,4,6H2,1-3H3/b8-5-/t7-/m0/s1. The third-order valence-electron chi connectivity index (χ3n) is 1.83. The van der Waals surface area contributed by atoms with Crippen LogP contribution in [0.5, 0.6) is 0 Å². The summed E-state index contributed by atoms with van der Waals surface area (Å²) >= 11 is 3.14. The molecule has 86 valence electrons. The van der Waals surface area contributed by atoms with Gasteiger partial charge in [-0.3, -0.25) is 0 Å². The van der Waals surface area contributed by atoms with Gasteiger partial charge in [0.2, 0.25) is 0 Å². The normalized spacial score (nSPS) is 25.3. The van der Waals surface area contributed by atoms with Gasteiger partial charge in [0.1, 0.15) is 10.6 Å². The van der Waals surface area contributed by atoms with Crippen molar-refractivity contribution in [2.75, 3.05) is 13.2 Å². The molecule has 1 fully saturated rings. The van der Waals surface area contributed by atoms with E-state index in [1.165, 1.54) is 0 Å². The molecule has 0 saturated carbocycles. The second-order valence-electron chi connectivity index (χ2n) is 3.60. The first-order valence-electron chi connectivity index (χ1n) is 4.81. The van der Waals surface area contributed by atoms with Crippen LogP contribution < -0.4 is 0 Å². The Bertz CT molecular complexity index is 273. The van der Waals surface area contributed by atoms with E-state index < -0.39 is 5.79 Å². The molecule has 0 amide bonds. The molecule has 1 heterocycles. The van der Waals surface area contributed by atoms with Crippen LogP contribution in [0, 0.1) is 0 Å². The molecule has 1 aliphatic heterocycles. The molecule has 0 aromatic carbocycles. The summed E-state index contributed by atoms with van der Waals surface area (Å²) in [6, 6.07) is 0. The Balaban J connectivity index is 2.53. The summed E-state index contributed by atoms with van der Waals surface area (Å²) in [7, 11) is 0. The van der Waals surface area contributed by atoms with Gasteiger partial charge in [0.05, 0.1) is 13.2 Å². The lowest BCUT2D eigenvalue weighted by Gasteiger charge is -2.15. The van der Waals surface area contributed by atoms with Gasteiger partial charge in [-0.1, -0.05) is 0 Å². The molecule has 0 spiro atoms. The van der Waals surface area contributed by atoms with Crippen LogP contribution in [0.1, 0.15) is 20.8 Å². The third-order valence-corrected chi connectivity index (χ3v) is 2.42. The van der Waals surface area contributed by atoms with Crippen molar-refractivity contribution in [3.63, 3.8) is 0 Å². The molecule has 0 bridgehead atoms. The fourth-order valence-electron chi connectivity index (χ4n) is 1.23. The highest BCUT2D eigenvalue weighted by Gasteiger charge is 2.31. The number of carbonyl (C=O) groups excluding carboxylic acids is 1. The minimum atomic E-state index is -0.580. The number of hydrogen-bond donors (Lipinski definition) is 0. The van der Waals surface area contributed by atoms with E-state index >= 15 is 0 Å². The first kappa shape index (κ1) is 12.7. The monoisotopic (exact) mass is 278 g/mol. The summed E-state index contributed by atoms with van der Waals surface area (Å²) in [6.45, 7) is 6.23. The highest BCUT2D eigenvalue weighted by molar-refractivity contribution is 9.12. The van der Waals surface area contributed by atoms with Crippen molar-refractivity contribution in [1.82, 2.24) is 0 Å². The van der Waals surface area contributed by atoms with Crippen LogP contribution in [0.15, 0.2) is 10.6 Å². The molecule has 0 unspecified atom stereocenters. The Morgan fingerprint density at radius 2 is 2.33 bits per heavy atom. The van der Waals surface area contributed by atoms with Crippen molar-refractivity contribution in [1.29, 1.82) is 0 Å². The molecule has 0 aromatic rings. The average molecular weight is 279 g/mol. The van der Waals surface area contributed by atoms with E-state index in [1.807, 2.05) is 13.8 Å². The van der Waals surface area contributed by atoms with Gasteiger partial charge in [-0.25, -0.2) is 4.79 Å². The highest BCUT2D eigenvalue weighted by atomic mass is 79.9. The van der Waals surface area contributed by atoms with Crippen LogP contribution in [0.4, 0.5) is 0 Å². The van der Waals surface area contributed by atoms with Gasteiger partial charge in [0.25, 0.3) is 0 Å². The number of hydrogen-bond acceptors (Lipinski definition) is 4. The zero-order valence-corrected chi connectivity index (χ0v) is 10.7. The van der Waals surface area contributed by atoms with Crippen molar-refractivity contribution < 1.29 is 19.0 Å². The maximum Gasteiger partial charge on any atom is 0.344 e. The van der Waals surface area contributed by atoms with E-state index in [2.05, 4.69) is 15.9 Å². The average Bonchev–Trinajstić information content (AvgIpc) is 2.46. The van der Waals surface area contributed by atoms with Crippen molar-refractivity contribution >= 4 is 21.9 Å². The summed E-state index contributed by atoms with van der Waals surface area (Å²) < 4.78 is 16.1. The molecule has 1 rings (SSSR count). The van der Waals surface area contributed by atoms with Crippen LogP contribution in [0.3, 0.4) is 0 Å². The SMILES string of the molecule is CCOC(=O)/C(Br)=C/[C@H]1COC(C)(C)O1. The lowest BCUT2D eigenvalue weighted by Crippen LogP contribution is -2.21.